The molecule has 0 aromatic heterocycles. The molecule has 1 aliphatic heterocycles. The summed E-state index contributed by atoms with van der Waals surface area (Å²) < 4.78 is 0. The summed E-state index contributed by atoms with van der Waals surface area (Å²) in [5.74, 6) is 0. The van der Waals surface area contributed by atoms with Crippen molar-refractivity contribution in [1.82, 2.24) is 4.90 Å². The van der Waals surface area contributed by atoms with E-state index in [1.54, 1.807) is 0 Å². The molecule has 0 spiro atoms. The Balaban J connectivity index is 1.91. The first-order valence-corrected chi connectivity index (χ1v) is 7.15. The van der Waals surface area contributed by atoms with Gasteiger partial charge in [0.1, 0.15) is 0 Å². The molecule has 0 radical (unpaired) electrons. The van der Waals surface area contributed by atoms with Gasteiger partial charge >= 0.3 is 0 Å². The van der Waals surface area contributed by atoms with Crippen LogP contribution in [-0.4, -0.2) is 29.6 Å². The zero-order chi connectivity index (χ0) is 13.3. The summed E-state index contributed by atoms with van der Waals surface area (Å²) in [5, 5.41) is 13.3. The first-order chi connectivity index (χ1) is 9.21. The fourth-order valence-corrected chi connectivity index (χ4v) is 3.01. The number of fused-ring (bicyclic) bond motifs is 1. The molecule has 19 heavy (non-hydrogen) atoms. The number of rotatable bonds is 2. The van der Waals surface area contributed by atoms with Gasteiger partial charge in [-0.05, 0) is 41.8 Å². The topological polar surface area (TPSA) is 23.5 Å². The number of benzene rings is 2. The van der Waals surface area contributed by atoms with Crippen LogP contribution >= 0.6 is 0 Å². The lowest BCUT2D eigenvalue weighted by atomic mass is 9.83. The Hall–Kier alpha value is -1.38. The first-order valence-electron chi connectivity index (χ1n) is 7.15. The third kappa shape index (κ3) is 2.38. The molecule has 2 heteroatoms. The van der Waals surface area contributed by atoms with E-state index in [0.29, 0.717) is 0 Å². The van der Waals surface area contributed by atoms with Crippen molar-refractivity contribution in [2.24, 2.45) is 0 Å². The Morgan fingerprint density at radius 3 is 2.42 bits per heavy atom. The van der Waals surface area contributed by atoms with Crippen molar-refractivity contribution >= 4 is 10.8 Å². The highest BCUT2D eigenvalue weighted by Crippen LogP contribution is 2.34. The molecule has 0 bridgehead atoms. The molecule has 2 aromatic rings. The number of likely N-dealkylation sites (tertiary alicyclic amines) is 1. The standard InChI is InChI=1S/C17H21NO/c1-2-18-11-9-17(19,10-12-18)16-8-7-14-5-3-4-6-15(14)13-16/h3-8,13,19H,2,9-12H2,1H3. The Morgan fingerprint density at radius 2 is 1.74 bits per heavy atom. The molecule has 1 aliphatic rings. The van der Waals surface area contributed by atoms with Crippen LogP contribution in [0.25, 0.3) is 10.8 Å². The maximum Gasteiger partial charge on any atom is 0.0921 e. The van der Waals surface area contributed by atoms with Crippen molar-refractivity contribution in [3.63, 3.8) is 0 Å². The van der Waals surface area contributed by atoms with Crippen molar-refractivity contribution < 1.29 is 5.11 Å². The second-order valence-corrected chi connectivity index (χ2v) is 5.53. The lowest BCUT2D eigenvalue weighted by molar-refractivity contribution is -0.0246. The molecule has 0 amide bonds. The van der Waals surface area contributed by atoms with E-state index in [1.165, 1.54) is 10.8 Å². The molecule has 0 unspecified atom stereocenters. The van der Waals surface area contributed by atoms with Crippen LogP contribution in [0.3, 0.4) is 0 Å². The van der Waals surface area contributed by atoms with Gasteiger partial charge in [-0.25, -0.2) is 0 Å². The highest BCUT2D eigenvalue weighted by molar-refractivity contribution is 5.83. The van der Waals surface area contributed by atoms with Gasteiger partial charge in [-0.2, -0.15) is 0 Å². The van der Waals surface area contributed by atoms with Gasteiger partial charge in [0.15, 0.2) is 0 Å². The largest absolute Gasteiger partial charge is 0.385 e. The highest BCUT2D eigenvalue weighted by atomic mass is 16.3. The Bertz CT molecular complexity index is 570. The van der Waals surface area contributed by atoms with Gasteiger partial charge in [0.25, 0.3) is 0 Å². The van der Waals surface area contributed by atoms with E-state index in [0.717, 1.165) is 38.0 Å². The van der Waals surface area contributed by atoms with E-state index >= 15 is 0 Å². The number of hydrogen-bond donors (Lipinski definition) is 1. The van der Waals surface area contributed by atoms with Crippen molar-refractivity contribution in [2.75, 3.05) is 19.6 Å². The number of hydrogen-bond acceptors (Lipinski definition) is 2. The van der Waals surface area contributed by atoms with Gasteiger partial charge in [-0.1, -0.05) is 43.3 Å². The van der Waals surface area contributed by atoms with E-state index in [-0.39, 0.29) is 0 Å². The van der Waals surface area contributed by atoms with Crippen LogP contribution < -0.4 is 0 Å². The summed E-state index contributed by atoms with van der Waals surface area (Å²) in [5.41, 5.74) is 0.428. The third-order valence-electron chi connectivity index (χ3n) is 4.42. The highest BCUT2D eigenvalue weighted by Gasteiger charge is 2.33. The van der Waals surface area contributed by atoms with Crippen LogP contribution in [0.15, 0.2) is 42.5 Å². The maximum atomic E-state index is 10.9. The molecule has 1 N–H and O–H groups in total. The molecule has 0 saturated carbocycles. The summed E-state index contributed by atoms with van der Waals surface area (Å²) in [7, 11) is 0. The van der Waals surface area contributed by atoms with Crippen LogP contribution in [0.5, 0.6) is 0 Å². The average Bonchev–Trinajstić information content (AvgIpc) is 2.47. The maximum absolute atomic E-state index is 10.9. The van der Waals surface area contributed by atoms with Gasteiger partial charge in [0.2, 0.25) is 0 Å². The predicted octanol–water partition coefficient (Wildman–Crippen LogP) is 3.14. The van der Waals surface area contributed by atoms with Gasteiger partial charge < -0.3 is 10.0 Å². The molecular formula is C17H21NO. The molecule has 1 fully saturated rings. The lowest BCUT2D eigenvalue weighted by Crippen LogP contribution is -2.42. The monoisotopic (exact) mass is 255 g/mol. The fourth-order valence-electron chi connectivity index (χ4n) is 3.01. The van der Waals surface area contributed by atoms with E-state index in [4.69, 9.17) is 0 Å². The Morgan fingerprint density at radius 1 is 1.05 bits per heavy atom. The fraction of sp³-hybridized carbons (Fsp3) is 0.412. The van der Waals surface area contributed by atoms with Crippen LogP contribution in [0.4, 0.5) is 0 Å². The predicted molar refractivity (Wildman–Crippen MR) is 79.2 cm³/mol. The van der Waals surface area contributed by atoms with Crippen molar-refractivity contribution in [2.45, 2.75) is 25.4 Å². The molecule has 3 rings (SSSR count). The molecule has 2 aromatic carbocycles. The second-order valence-electron chi connectivity index (χ2n) is 5.53. The zero-order valence-electron chi connectivity index (χ0n) is 11.5. The molecule has 0 aliphatic carbocycles. The van der Waals surface area contributed by atoms with Gasteiger partial charge in [0, 0.05) is 13.1 Å². The number of aliphatic hydroxyl groups is 1. The Kier molecular flexibility index (Phi) is 3.29. The lowest BCUT2D eigenvalue weighted by Gasteiger charge is -2.38. The normalized spacial score (nSPS) is 19.7. The molecule has 2 nitrogen and oxygen atoms in total. The van der Waals surface area contributed by atoms with E-state index in [1.807, 2.05) is 0 Å². The van der Waals surface area contributed by atoms with Crippen LogP contribution in [0, 0.1) is 0 Å². The van der Waals surface area contributed by atoms with Crippen LogP contribution in [0.1, 0.15) is 25.3 Å². The van der Waals surface area contributed by atoms with Crippen molar-refractivity contribution in [3.05, 3.63) is 48.0 Å². The summed E-state index contributed by atoms with van der Waals surface area (Å²) in [6, 6.07) is 14.7. The van der Waals surface area contributed by atoms with E-state index < -0.39 is 5.60 Å². The average molecular weight is 255 g/mol. The van der Waals surface area contributed by atoms with Crippen LogP contribution in [0.2, 0.25) is 0 Å². The minimum atomic E-state index is -0.643. The molecular weight excluding hydrogens is 234 g/mol. The number of piperidine rings is 1. The van der Waals surface area contributed by atoms with Gasteiger partial charge in [-0.3, -0.25) is 0 Å². The van der Waals surface area contributed by atoms with Crippen molar-refractivity contribution in [3.8, 4) is 0 Å². The molecule has 1 saturated heterocycles. The first kappa shape index (κ1) is 12.6. The zero-order valence-corrected chi connectivity index (χ0v) is 11.5. The summed E-state index contributed by atoms with van der Waals surface area (Å²) >= 11 is 0. The minimum Gasteiger partial charge on any atom is -0.385 e. The molecule has 1 heterocycles. The van der Waals surface area contributed by atoms with E-state index in [2.05, 4.69) is 54.3 Å². The third-order valence-corrected chi connectivity index (χ3v) is 4.42. The minimum absolute atomic E-state index is 0.643. The number of nitrogens with zero attached hydrogens (tertiary/aromatic N) is 1. The summed E-state index contributed by atoms with van der Waals surface area (Å²) in [6.45, 7) is 5.23. The summed E-state index contributed by atoms with van der Waals surface area (Å²) in [4.78, 5) is 2.40. The Labute approximate surface area is 114 Å². The molecule has 100 valence electrons. The van der Waals surface area contributed by atoms with Crippen LogP contribution in [-0.2, 0) is 5.60 Å². The van der Waals surface area contributed by atoms with Gasteiger partial charge in [0.05, 0.1) is 5.60 Å². The molecule has 0 atom stereocenters. The quantitative estimate of drug-likeness (QED) is 0.891. The van der Waals surface area contributed by atoms with E-state index in [9.17, 15) is 5.11 Å². The second kappa shape index (κ2) is 4.95. The smallest absolute Gasteiger partial charge is 0.0921 e. The van der Waals surface area contributed by atoms with Gasteiger partial charge in [-0.15, -0.1) is 0 Å². The van der Waals surface area contributed by atoms with Crippen molar-refractivity contribution in [1.29, 1.82) is 0 Å². The summed E-state index contributed by atoms with van der Waals surface area (Å²) in [6.07, 6.45) is 1.67. The SMILES string of the molecule is CCN1CCC(O)(c2ccc3ccccc3c2)CC1.